The fourth-order valence-electron chi connectivity index (χ4n) is 0. The predicted octanol–water partition coefficient (Wildman–Crippen LogP) is -1.73. The maximum absolute atomic E-state index is 7.23. The van der Waals surface area contributed by atoms with Gasteiger partial charge in [-0.1, -0.05) is 0 Å². The van der Waals surface area contributed by atoms with Gasteiger partial charge in [0.1, 0.15) is 0 Å². The Labute approximate surface area is 67.9 Å². The summed E-state index contributed by atoms with van der Waals surface area (Å²) < 4.78 is 0. The standard InChI is InChI=1S/H3O3P.Sr.2H/c1-4(2)3;;;/h1-3H;;;. The Morgan fingerprint density at radius 2 is 1.00 bits per heavy atom. The van der Waals surface area contributed by atoms with Crippen LogP contribution in [-0.4, -0.2) is 60.2 Å². The third-order valence-electron chi connectivity index (χ3n) is 0. The molecule has 0 rings (SSSR count). The van der Waals surface area contributed by atoms with Crippen LogP contribution in [0.1, 0.15) is 0 Å². The van der Waals surface area contributed by atoms with Gasteiger partial charge in [0.15, 0.2) is 0 Å². The maximum atomic E-state index is 7.23. The molecule has 0 aliphatic rings. The summed E-state index contributed by atoms with van der Waals surface area (Å²) in [5.74, 6) is 0. The van der Waals surface area contributed by atoms with Crippen LogP contribution in [0.25, 0.3) is 0 Å². The first-order chi connectivity index (χ1) is 1.73. The summed E-state index contributed by atoms with van der Waals surface area (Å²) in [5, 5.41) is 0. The summed E-state index contributed by atoms with van der Waals surface area (Å²) in [7, 11) is -2.62. The second-order valence-corrected chi connectivity index (χ2v) is 0.805. The Hall–Kier alpha value is 1.79. The summed E-state index contributed by atoms with van der Waals surface area (Å²) in [6, 6.07) is 0. The van der Waals surface area contributed by atoms with Crippen LogP contribution in [0.3, 0.4) is 0 Å². The van der Waals surface area contributed by atoms with Gasteiger partial charge < -0.3 is 14.7 Å². The molecule has 5 heteroatoms. The zero-order valence-corrected chi connectivity index (χ0v) is 2.68. The van der Waals surface area contributed by atoms with Crippen LogP contribution in [0.15, 0.2) is 0 Å². The van der Waals surface area contributed by atoms with E-state index in [0.717, 1.165) is 0 Å². The Morgan fingerprint density at radius 3 is 1.00 bits per heavy atom. The zero-order valence-electron chi connectivity index (χ0n) is 1.79. The molecule has 0 aliphatic carbocycles. The summed E-state index contributed by atoms with van der Waals surface area (Å²) in [4.78, 5) is 21.7. The molecule has 0 aliphatic heterocycles. The van der Waals surface area contributed by atoms with Crippen molar-refractivity contribution in [2.24, 2.45) is 0 Å². The second kappa shape index (κ2) is 5.79. The van der Waals surface area contributed by atoms with E-state index < -0.39 is 8.60 Å². The molecule has 0 bridgehead atoms. The first kappa shape index (κ1) is 9.92. The van der Waals surface area contributed by atoms with Crippen molar-refractivity contribution in [3.63, 3.8) is 0 Å². The van der Waals surface area contributed by atoms with Gasteiger partial charge in [-0.25, -0.2) is 0 Å². The number of hydrogen-bond acceptors (Lipinski definition) is 3. The average Bonchev–Trinajstić information content (AvgIpc) is 0.811. The van der Waals surface area contributed by atoms with Crippen LogP contribution in [0.5, 0.6) is 0 Å². The van der Waals surface area contributed by atoms with E-state index in [1.165, 1.54) is 0 Å². The summed E-state index contributed by atoms with van der Waals surface area (Å²) in [5.41, 5.74) is 0. The molecular formula is H5O3PSr. The first-order valence-electron chi connectivity index (χ1n) is 0.600. The van der Waals surface area contributed by atoms with Crippen LogP contribution in [-0.2, 0) is 0 Å². The Bertz CT molecular complexity index is 11.6. The fourth-order valence-corrected chi connectivity index (χ4v) is 0. The van der Waals surface area contributed by atoms with Crippen LogP contribution in [0.2, 0.25) is 0 Å². The van der Waals surface area contributed by atoms with Crippen LogP contribution in [0.4, 0.5) is 0 Å². The third-order valence-corrected chi connectivity index (χ3v) is 0. The number of hydrogen-bond donors (Lipinski definition) is 3. The van der Waals surface area contributed by atoms with Crippen LogP contribution >= 0.6 is 8.60 Å². The molecule has 0 fully saturated rings. The SMILES string of the molecule is OP(O)O.[SrH2]. The van der Waals surface area contributed by atoms with Gasteiger partial charge in [0.2, 0.25) is 0 Å². The van der Waals surface area contributed by atoms with E-state index in [2.05, 4.69) is 0 Å². The summed E-state index contributed by atoms with van der Waals surface area (Å²) >= 11 is 0. The molecule has 3 N–H and O–H groups in total. The first-order valence-corrected chi connectivity index (χ1v) is 1.80. The van der Waals surface area contributed by atoms with Crippen molar-refractivity contribution in [2.75, 3.05) is 0 Å². The van der Waals surface area contributed by atoms with E-state index in [9.17, 15) is 0 Å². The Kier molecular flexibility index (Phi) is 11.5. The van der Waals surface area contributed by atoms with E-state index in [1.54, 1.807) is 0 Å². The van der Waals surface area contributed by atoms with Crippen molar-refractivity contribution in [2.45, 2.75) is 0 Å². The van der Waals surface area contributed by atoms with Gasteiger partial charge in [-0.05, 0) is 0 Å². The molecule has 3 nitrogen and oxygen atoms in total. The molecule has 0 heterocycles. The molecule has 0 amide bonds. The van der Waals surface area contributed by atoms with E-state index in [0.29, 0.717) is 0 Å². The minimum absolute atomic E-state index is 0. The predicted molar refractivity (Wildman–Crippen MR) is 22.1 cm³/mol. The van der Waals surface area contributed by atoms with Crippen molar-refractivity contribution in [3.05, 3.63) is 0 Å². The van der Waals surface area contributed by atoms with Crippen molar-refractivity contribution < 1.29 is 14.7 Å². The molecule has 0 unspecified atom stereocenters. The van der Waals surface area contributed by atoms with Gasteiger partial charge in [0.05, 0.1) is 0 Å². The van der Waals surface area contributed by atoms with Gasteiger partial charge in [-0.15, -0.1) is 0 Å². The van der Waals surface area contributed by atoms with Gasteiger partial charge in [0, 0.05) is 0 Å². The zero-order chi connectivity index (χ0) is 3.58. The molecular weight excluding hydrogens is 167 g/mol. The van der Waals surface area contributed by atoms with E-state index in [1.807, 2.05) is 0 Å². The summed E-state index contributed by atoms with van der Waals surface area (Å²) in [6.07, 6.45) is 0. The normalized spacial score (nSPS) is 7.20. The van der Waals surface area contributed by atoms with Crippen molar-refractivity contribution >= 4 is 54.1 Å². The molecule has 5 heavy (non-hydrogen) atoms. The molecule has 0 aromatic carbocycles. The van der Waals surface area contributed by atoms with Crippen LogP contribution < -0.4 is 0 Å². The van der Waals surface area contributed by atoms with Crippen molar-refractivity contribution in [1.29, 1.82) is 0 Å². The van der Waals surface area contributed by atoms with E-state index >= 15 is 0 Å². The quantitative estimate of drug-likeness (QED) is 0.300. The molecule has 30 valence electrons. The molecule has 0 atom stereocenters. The Morgan fingerprint density at radius 1 is 1.00 bits per heavy atom. The number of rotatable bonds is 0. The van der Waals surface area contributed by atoms with E-state index in [4.69, 9.17) is 14.7 Å². The molecule has 0 saturated heterocycles. The molecule has 0 spiro atoms. The monoisotopic (exact) mass is 172 g/mol. The van der Waals surface area contributed by atoms with Crippen molar-refractivity contribution in [3.8, 4) is 0 Å². The second-order valence-electron chi connectivity index (χ2n) is 0.268. The van der Waals surface area contributed by atoms with Gasteiger partial charge >= 0.3 is 54.1 Å². The molecule has 0 aromatic rings. The molecule has 0 radical (unpaired) electrons. The van der Waals surface area contributed by atoms with Crippen molar-refractivity contribution in [1.82, 2.24) is 0 Å². The topological polar surface area (TPSA) is 60.7 Å². The average molecular weight is 172 g/mol. The fraction of sp³-hybridized carbons (Fsp3) is 0. The van der Waals surface area contributed by atoms with Gasteiger partial charge in [0.25, 0.3) is 0 Å². The molecule has 0 aromatic heterocycles. The van der Waals surface area contributed by atoms with Gasteiger partial charge in [-0.2, -0.15) is 0 Å². The Balaban J connectivity index is 0. The summed E-state index contributed by atoms with van der Waals surface area (Å²) in [6.45, 7) is 0. The minimum atomic E-state index is -2.62. The third kappa shape index (κ3) is 26.0. The van der Waals surface area contributed by atoms with E-state index in [-0.39, 0.29) is 45.5 Å². The van der Waals surface area contributed by atoms with Crippen LogP contribution in [0, 0.1) is 0 Å². The van der Waals surface area contributed by atoms with Gasteiger partial charge in [-0.3, -0.25) is 0 Å². The molecule has 0 saturated carbocycles.